The summed E-state index contributed by atoms with van der Waals surface area (Å²) in [5.41, 5.74) is 1.79. The molecular formula is C13H10N4S. The standard InChI is InChI=1S/C13H10N4S/c18-13-14-17(12-9-5-2-6-10-12)15-16(13)11-7-3-1-4-8-11/h1-10H. The van der Waals surface area contributed by atoms with Gasteiger partial charge in [-0.15, -0.1) is 4.68 Å². The van der Waals surface area contributed by atoms with Crippen molar-refractivity contribution in [3.05, 3.63) is 60.7 Å². The maximum absolute atomic E-state index is 5.22. The van der Waals surface area contributed by atoms with Crippen LogP contribution in [0.5, 0.6) is 0 Å². The zero-order chi connectivity index (χ0) is 12.4. The summed E-state index contributed by atoms with van der Waals surface area (Å²) in [5, 5.41) is 9.04. The number of tetrazole rings is 1. The van der Waals surface area contributed by atoms with E-state index < -0.39 is 0 Å². The summed E-state index contributed by atoms with van der Waals surface area (Å²) in [5.74, 6) is 0. The average Bonchev–Trinajstić information content (AvgIpc) is 2.83. The molecule has 0 atom stereocenters. The fourth-order valence-corrected chi connectivity index (χ4v) is 1.89. The zero-order valence-corrected chi connectivity index (χ0v) is 10.3. The summed E-state index contributed by atoms with van der Waals surface area (Å²) in [6, 6.07) is 19.4. The first-order valence-corrected chi connectivity index (χ1v) is 5.93. The van der Waals surface area contributed by atoms with E-state index in [-0.39, 0.29) is 0 Å². The van der Waals surface area contributed by atoms with Gasteiger partial charge in [0.25, 0.3) is 0 Å². The third kappa shape index (κ3) is 1.96. The van der Waals surface area contributed by atoms with Gasteiger partial charge in [-0.05, 0) is 24.3 Å². The Hall–Kier alpha value is -2.27. The van der Waals surface area contributed by atoms with Crippen molar-refractivity contribution < 1.29 is 4.68 Å². The minimum atomic E-state index is 0.435. The number of rotatable bonds is 2. The predicted octanol–water partition coefficient (Wildman–Crippen LogP) is 1.45. The van der Waals surface area contributed by atoms with Gasteiger partial charge in [0.2, 0.25) is 0 Å². The van der Waals surface area contributed by atoms with Gasteiger partial charge in [0, 0.05) is 9.90 Å². The average molecular weight is 254 g/mol. The van der Waals surface area contributed by atoms with Gasteiger partial charge >= 0.3 is 0 Å². The van der Waals surface area contributed by atoms with Crippen molar-refractivity contribution in [2.45, 2.75) is 5.16 Å². The van der Waals surface area contributed by atoms with E-state index in [2.05, 4.69) is 10.3 Å². The highest BCUT2D eigenvalue weighted by Crippen LogP contribution is 2.04. The molecule has 5 heteroatoms. The van der Waals surface area contributed by atoms with Crippen molar-refractivity contribution in [3.8, 4) is 11.4 Å². The fourth-order valence-electron chi connectivity index (χ4n) is 1.67. The van der Waals surface area contributed by atoms with Crippen LogP contribution < -0.4 is 4.68 Å². The first-order chi connectivity index (χ1) is 8.84. The quantitative estimate of drug-likeness (QED) is 0.513. The zero-order valence-electron chi connectivity index (χ0n) is 9.47. The minimum absolute atomic E-state index is 0.435. The third-order valence-corrected chi connectivity index (χ3v) is 2.78. The van der Waals surface area contributed by atoms with Gasteiger partial charge in [-0.1, -0.05) is 36.4 Å². The van der Waals surface area contributed by atoms with Crippen LogP contribution in [0.3, 0.4) is 0 Å². The molecule has 0 saturated heterocycles. The molecule has 0 unspecified atom stereocenters. The second-order valence-corrected chi connectivity index (χ2v) is 4.11. The van der Waals surface area contributed by atoms with Crippen LogP contribution in [0.25, 0.3) is 11.4 Å². The molecule has 18 heavy (non-hydrogen) atoms. The molecule has 0 bridgehead atoms. The van der Waals surface area contributed by atoms with Gasteiger partial charge in [-0.3, -0.25) is 0 Å². The van der Waals surface area contributed by atoms with Gasteiger partial charge < -0.3 is 12.6 Å². The number of nitrogens with zero attached hydrogens (tertiary/aromatic N) is 4. The van der Waals surface area contributed by atoms with E-state index in [9.17, 15) is 0 Å². The van der Waals surface area contributed by atoms with Gasteiger partial charge in [-0.25, -0.2) is 0 Å². The van der Waals surface area contributed by atoms with Crippen LogP contribution in [0.4, 0.5) is 0 Å². The Morgan fingerprint density at radius 1 is 0.889 bits per heavy atom. The Labute approximate surface area is 110 Å². The SMILES string of the molecule is [S-]c1nn(-c2ccccc2)n[n+]1-c1ccccc1. The number of aromatic nitrogens is 4. The summed E-state index contributed by atoms with van der Waals surface area (Å²) in [6.07, 6.45) is 0. The lowest BCUT2D eigenvalue weighted by atomic mass is 10.3. The monoisotopic (exact) mass is 254 g/mol. The number of para-hydroxylation sites is 2. The number of hydrogen-bond acceptors (Lipinski definition) is 3. The molecule has 0 N–H and O–H groups in total. The van der Waals surface area contributed by atoms with Crippen molar-refractivity contribution in [3.63, 3.8) is 0 Å². The topological polar surface area (TPSA) is 34.6 Å². The molecule has 0 aliphatic heterocycles. The normalized spacial score (nSPS) is 10.4. The van der Waals surface area contributed by atoms with Gasteiger partial charge in [-0.2, -0.15) is 0 Å². The molecule has 0 spiro atoms. The Morgan fingerprint density at radius 2 is 1.50 bits per heavy atom. The fraction of sp³-hybridized carbons (Fsp3) is 0. The summed E-state index contributed by atoms with van der Waals surface area (Å²) in [6.45, 7) is 0. The Kier molecular flexibility index (Phi) is 2.74. The van der Waals surface area contributed by atoms with Gasteiger partial charge in [0.1, 0.15) is 5.69 Å². The predicted molar refractivity (Wildman–Crippen MR) is 68.5 cm³/mol. The Bertz CT molecular complexity index is 649. The summed E-state index contributed by atoms with van der Waals surface area (Å²) < 4.78 is 1.64. The highest BCUT2D eigenvalue weighted by atomic mass is 32.1. The molecule has 1 heterocycles. The van der Waals surface area contributed by atoms with E-state index in [1.54, 1.807) is 4.68 Å². The molecule has 1 aromatic heterocycles. The summed E-state index contributed by atoms with van der Waals surface area (Å²) in [4.78, 5) is 1.54. The highest BCUT2D eigenvalue weighted by molar-refractivity contribution is 7.58. The van der Waals surface area contributed by atoms with E-state index in [1.807, 2.05) is 60.7 Å². The number of benzene rings is 2. The Morgan fingerprint density at radius 3 is 2.17 bits per heavy atom. The largest absolute Gasteiger partial charge is 0.701 e. The van der Waals surface area contributed by atoms with E-state index in [0.717, 1.165) is 11.4 Å². The van der Waals surface area contributed by atoms with Crippen molar-refractivity contribution in [2.75, 3.05) is 0 Å². The van der Waals surface area contributed by atoms with Gasteiger partial charge in [0.05, 0.1) is 5.21 Å². The van der Waals surface area contributed by atoms with Crippen LogP contribution in [0.15, 0.2) is 65.8 Å². The van der Waals surface area contributed by atoms with Crippen molar-refractivity contribution in [1.82, 2.24) is 15.1 Å². The van der Waals surface area contributed by atoms with Crippen LogP contribution >= 0.6 is 0 Å². The molecule has 0 saturated carbocycles. The molecule has 3 rings (SSSR count). The van der Waals surface area contributed by atoms with E-state index in [1.165, 1.54) is 4.80 Å². The minimum Gasteiger partial charge on any atom is -0.701 e. The van der Waals surface area contributed by atoms with E-state index >= 15 is 0 Å². The van der Waals surface area contributed by atoms with Crippen molar-refractivity contribution in [2.24, 2.45) is 0 Å². The molecule has 0 fully saturated rings. The Balaban J connectivity index is 2.07. The van der Waals surface area contributed by atoms with Crippen LogP contribution in [0.1, 0.15) is 0 Å². The van der Waals surface area contributed by atoms with Crippen LogP contribution in [-0.2, 0) is 12.6 Å². The highest BCUT2D eigenvalue weighted by Gasteiger charge is 2.13. The van der Waals surface area contributed by atoms with Crippen molar-refractivity contribution in [1.29, 1.82) is 0 Å². The van der Waals surface area contributed by atoms with Crippen molar-refractivity contribution >= 4 is 12.6 Å². The molecule has 0 amide bonds. The molecular weight excluding hydrogens is 244 g/mol. The molecule has 88 valence electrons. The smallest absolute Gasteiger partial charge is 0.188 e. The lowest BCUT2D eigenvalue weighted by Crippen LogP contribution is -2.35. The lowest BCUT2D eigenvalue weighted by Gasteiger charge is -1.97. The molecule has 0 radical (unpaired) electrons. The van der Waals surface area contributed by atoms with Gasteiger partial charge in [0.15, 0.2) is 10.8 Å². The van der Waals surface area contributed by atoms with E-state index in [0.29, 0.717) is 5.16 Å². The molecule has 3 aromatic rings. The van der Waals surface area contributed by atoms with E-state index in [4.69, 9.17) is 12.6 Å². The lowest BCUT2D eigenvalue weighted by molar-refractivity contribution is -0.698. The molecule has 4 nitrogen and oxygen atoms in total. The number of hydrogen-bond donors (Lipinski definition) is 0. The second-order valence-electron chi connectivity index (χ2n) is 3.74. The maximum atomic E-state index is 5.22. The van der Waals surface area contributed by atoms with Crippen LogP contribution in [-0.4, -0.2) is 15.1 Å². The molecule has 0 aliphatic rings. The first-order valence-electron chi connectivity index (χ1n) is 5.52. The third-order valence-electron chi connectivity index (χ3n) is 2.52. The summed E-state index contributed by atoms with van der Waals surface area (Å²) in [7, 11) is 0. The second kappa shape index (κ2) is 4.54. The summed E-state index contributed by atoms with van der Waals surface area (Å²) >= 11 is 5.22. The molecule has 2 aromatic carbocycles. The van der Waals surface area contributed by atoms with Crippen LogP contribution in [0, 0.1) is 0 Å². The first kappa shape index (κ1) is 10.9. The maximum Gasteiger partial charge on any atom is 0.188 e. The van der Waals surface area contributed by atoms with Crippen LogP contribution in [0.2, 0.25) is 0 Å². The molecule has 0 aliphatic carbocycles.